The first-order valence-electron chi connectivity index (χ1n) is 6.08. The van der Waals surface area contributed by atoms with Gasteiger partial charge in [-0.2, -0.15) is 0 Å². The molecule has 0 spiro atoms. The molecule has 0 radical (unpaired) electrons. The predicted molar refractivity (Wildman–Crippen MR) is 61.8 cm³/mol. The molecule has 88 valence electrons. The number of carbonyl (C=O) groups excluding carboxylic acids is 1. The Bertz CT molecular complexity index is 203. The van der Waals surface area contributed by atoms with Gasteiger partial charge in [0.25, 0.3) is 0 Å². The molecule has 15 heavy (non-hydrogen) atoms. The Kier molecular flexibility index (Phi) is 4.78. The van der Waals surface area contributed by atoms with E-state index in [0.29, 0.717) is 30.0 Å². The van der Waals surface area contributed by atoms with E-state index < -0.39 is 0 Å². The minimum absolute atomic E-state index is 0.0741. The highest BCUT2D eigenvalue weighted by molar-refractivity contribution is 5.81. The Balaban J connectivity index is 2.44. The number of hydrogen-bond acceptors (Lipinski definition) is 2. The van der Waals surface area contributed by atoms with Crippen LogP contribution in [-0.4, -0.2) is 19.0 Å². The van der Waals surface area contributed by atoms with Crippen LogP contribution in [0.2, 0.25) is 0 Å². The summed E-state index contributed by atoms with van der Waals surface area (Å²) >= 11 is 0. The van der Waals surface area contributed by atoms with E-state index in [1.165, 1.54) is 6.42 Å². The van der Waals surface area contributed by atoms with Crippen molar-refractivity contribution in [2.45, 2.75) is 52.6 Å². The van der Waals surface area contributed by atoms with Crippen molar-refractivity contribution in [2.24, 2.45) is 17.8 Å². The van der Waals surface area contributed by atoms with Crippen LogP contribution in [0.5, 0.6) is 0 Å². The Morgan fingerprint density at radius 1 is 1.27 bits per heavy atom. The number of ketones is 1. The third-order valence-electron chi connectivity index (χ3n) is 3.52. The van der Waals surface area contributed by atoms with Crippen LogP contribution in [0.4, 0.5) is 0 Å². The SMILES string of the molecule is COC(C)CC(=O)C1CC(C)CC(C)C1. The summed E-state index contributed by atoms with van der Waals surface area (Å²) in [6.45, 7) is 6.49. The molecule has 0 saturated heterocycles. The highest BCUT2D eigenvalue weighted by Crippen LogP contribution is 2.34. The first-order chi connectivity index (χ1) is 7.02. The van der Waals surface area contributed by atoms with Crippen molar-refractivity contribution in [3.63, 3.8) is 0 Å². The van der Waals surface area contributed by atoms with Crippen LogP contribution in [0.25, 0.3) is 0 Å². The van der Waals surface area contributed by atoms with Crippen molar-refractivity contribution >= 4 is 5.78 Å². The summed E-state index contributed by atoms with van der Waals surface area (Å²) in [4.78, 5) is 12.0. The minimum Gasteiger partial charge on any atom is -0.381 e. The van der Waals surface area contributed by atoms with Crippen LogP contribution in [0, 0.1) is 17.8 Å². The van der Waals surface area contributed by atoms with Gasteiger partial charge in [0.2, 0.25) is 0 Å². The van der Waals surface area contributed by atoms with E-state index in [1.54, 1.807) is 7.11 Å². The Morgan fingerprint density at radius 2 is 1.80 bits per heavy atom. The van der Waals surface area contributed by atoms with Crippen LogP contribution in [-0.2, 0) is 9.53 Å². The molecule has 0 N–H and O–H groups in total. The maximum atomic E-state index is 12.0. The van der Waals surface area contributed by atoms with Crippen LogP contribution >= 0.6 is 0 Å². The largest absolute Gasteiger partial charge is 0.381 e. The highest BCUT2D eigenvalue weighted by atomic mass is 16.5. The van der Waals surface area contributed by atoms with Gasteiger partial charge in [0.15, 0.2) is 0 Å². The molecule has 3 atom stereocenters. The van der Waals surface area contributed by atoms with Crippen molar-refractivity contribution in [1.29, 1.82) is 0 Å². The molecule has 0 heterocycles. The van der Waals surface area contributed by atoms with Gasteiger partial charge in [-0.1, -0.05) is 13.8 Å². The van der Waals surface area contributed by atoms with E-state index in [-0.39, 0.29) is 6.10 Å². The zero-order chi connectivity index (χ0) is 11.4. The van der Waals surface area contributed by atoms with Gasteiger partial charge in [0.1, 0.15) is 5.78 Å². The Labute approximate surface area is 93.4 Å². The number of carbonyl (C=O) groups is 1. The zero-order valence-corrected chi connectivity index (χ0v) is 10.5. The molecular formula is C13H24O2. The fraction of sp³-hybridized carbons (Fsp3) is 0.923. The van der Waals surface area contributed by atoms with E-state index in [2.05, 4.69) is 13.8 Å². The second kappa shape index (κ2) is 5.64. The maximum Gasteiger partial charge on any atom is 0.138 e. The molecule has 0 aromatic heterocycles. The Morgan fingerprint density at radius 3 is 2.27 bits per heavy atom. The lowest BCUT2D eigenvalue weighted by molar-refractivity contribution is -0.127. The molecule has 0 bridgehead atoms. The topological polar surface area (TPSA) is 26.3 Å². The molecule has 0 amide bonds. The number of methoxy groups -OCH3 is 1. The van der Waals surface area contributed by atoms with Gasteiger partial charge < -0.3 is 4.74 Å². The third-order valence-corrected chi connectivity index (χ3v) is 3.52. The van der Waals surface area contributed by atoms with Gasteiger partial charge in [-0.15, -0.1) is 0 Å². The van der Waals surface area contributed by atoms with Crippen molar-refractivity contribution in [1.82, 2.24) is 0 Å². The number of rotatable bonds is 4. The quantitative estimate of drug-likeness (QED) is 0.716. The lowest BCUT2D eigenvalue weighted by Crippen LogP contribution is -2.28. The fourth-order valence-electron chi connectivity index (χ4n) is 2.74. The first kappa shape index (κ1) is 12.7. The lowest BCUT2D eigenvalue weighted by Gasteiger charge is -2.30. The summed E-state index contributed by atoms with van der Waals surface area (Å²) in [6, 6.07) is 0. The average molecular weight is 212 g/mol. The van der Waals surface area contributed by atoms with Gasteiger partial charge in [0, 0.05) is 19.4 Å². The summed E-state index contributed by atoms with van der Waals surface area (Å²) < 4.78 is 5.14. The molecule has 1 fully saturated rings. The molecule has 0 aromatic carbocycles. The van der Waals surface area contributed by atoms with Crippen molar-refractivity contribution in [3.05, 3.63) is 0 Å². The normalized spacial score (nSPS) is 33.7. The van der Waals surface area contributed by atoms with Gasteiger partial charge >= 0.3 is 0 Å². The molecule has 1 aliphatic rings. The highest BCUT2D eigenvalue weighted by Gasteiger charge is 2.29. The standard InChI is InChI=1S/C13H24O2/c1-9-5-10(2)7-12(6-9)13(14)8-11(3)15-4/h9-12H,5-8H2,1-4H3. The second-order valence-corrected chi connectivity index (χ2v) is 5.33. The van der Waals surface area contributed by atoms with Crippen molar-refractivity contribution < 1.29 is 9.53 Å². The molecule has 2 heteroatoms. The molecule has 1 saturated carbocycles. The van der Waals surface area contributed by atoms with Gasteiger partial charge in [0.05, 0.1) is 6.10 Å². The predicted octanol–water partition coefficient (Wildman–Crippen LogP) is 3.05. The van der Waals surface area contributed by atoms with E-state index >= 15 is 0 Å². The summed E-state index contributed by atoms with van der Waals surface area (Å²) in [5.41, 5.74) is 0. The number of hydrogen-bond donors (Lipinski definition) is 0. The first-order valence-corrected chi connectivity index (χ1v) is 6.08. The molecule has 1 rings (SSSR count). The maximum absolute atomic E-state index is 12.0. The van der Waals surface area contributed by atoms with E-state index in [0.717, 1.165) is 12.8 Å². The van der Waals surface area contributed by atoms with Crippen LogP contribution in [0.3, 0.4) is 0 Å². The van der Waals surface area contributed by atoms with Gasteiger partial charge in [-0.3, -0.25) is 4.79 Å². The van der Waals surface area contributed by atoms with E-state index in [9.17, 15) is 4.79 Å². The van der Waals surface area contributed by atoms with Crippen LogP contribution < -0.4 is 0 Å². The second-order valence-electron chi connectivity index (χ2n) is 5.33. The third kappa shape index (κ3) is 3.94. The smallest absolute Gasteiger partial charge is 0.138 e. The molecule has 0 aromatic rings. The van der Waals surface area contributed by atoms with Gasteiger partial charge in [-0.05, 0) is 38.0 Å². The average Bonchev–Trinajstić information content (AvgIpc) is 2.16. The summed E-state index contributed by atoms with van der Waals surface area (Å²) in [7, 11) is 1.67. The van der Waals surface area contributed by atoms with Crippen molar-refractivity contribution in [3.8, 4) is 0 Å². The Hall–Kier alpha value is -0.370. The monoisotopic (exact) mass is 212 g/mol. The van der Waals surface area contributed by atoms with Crippen LogP contribution in [0.15, 0.2) is 0 Å². The summed E-state index contributed by atoms with van der Waals surface area (Å²) in [5.74, 6) is 2.12. The zero-order valence-electron chi connectivity index (χ0n) is 10.5. The molecular weight excluding hydrogens is 188 g/mol. The summed E-state index contributed by atoms with van der Waals surface area (Å²) in [6.07, 6.45) is 4.11. The van der Waals surface area contributed by atoms with Crippen LogP contribution in [0.1, 0.15) is 46.5 Å². The number of ether oxygens (including phenoxy) is 1. The molecule has 3 unspecified atom stereocenters. The fourth-order valence-corrected chi connectivity index (χ4v) is 2.74. The molecule has 0 aliphatic heterocycles. The lowest BCUT2D eigenvalue weighted by atomic mass is 9.74. The number of Topliss-reactive ketones (excluding diaryl/α,β-unsaturated/α-hetero) is 1. The van der Waals surface area contributed by atoms with E-state index in [1.807, 2.05) is 6.92 Å². The van der Waals surface area contributed by atoms with Crippen molar-refractivity contribution in [2.75, 3.05) is 7.11 Å². The minimum atomic E-state index is 0.0741. The molecule has 1 aliphatic carbocycles. The summed E-state index contributed by atoms with van der Waals surface area (Å²) in [5, 5.41) is 0. The van der Waals surface area contributed by atoms with E-state index in [4.69, 9.17) is 4.74 Å². The molecule has 2 nitrogen and oxygen atoms in total. The van der Waals surface area contributed by atoms with Gasteiger partial charge in [-0.25, -0.2) is 0 Å².